The van der Waals surface area contributed by atoms with E-state index < -0.39 is 46.6 Å². The van der Waals surface area contributed by atoms with Crippen LogP contribution in [0.5, 0.6) is 0 Å². The molecular weight excluding hydrogens is 365 g/mol. The van der Waals surface area contributed by atoms with Crippen LogP contribution < -0.4 is 5.32 Å². The van der Waals surface area contributed by atoms with Crippen molar-refractivity contribution in [2.24, 2.45) is 0 Å². The molecule has 9 heteroatoms. The van der Waals surface area contributed by atoms with E-state index in [0.29, 0.717) is 11.8 Å². The molecular formula is C12H11BrF5NO2. The molecule has 0 aromatic heterocycles. The third-order valence-electron chi connectivity index (χ3n) is 2.60. The molecule has 1 unspecified atom stereocenters. The van der Waals surface area contributed by atoms with E-state index >= 15 is 0 Å². The van der Waals surface area contributed by atoms with Crippen LogP contribution in [0.1, 0.15) is 16.8 Å². The van der Waals surface area contributed by atoms with Gasteiger partial charge in [0, 0.05) is 12.4 Å². The van der Waals surface area contributed by atoms with Crippen LogP contribution in [0.25, 0.3) is 0 Å². The number of hydrogen-bond acceptors (Lipinski definition) is 2. The first-order valence-electron chi connectivity index (χ1n) is 5.72. The Balaban J connectivity index is 3.13. The number of carbonyl (C=O) groups excluding carboxylic acids is 1. The van der Waals surface area contributed by atoms with Crippen LogP contribution in [-0.4, -0.2) is 31.0 Å². The second kappa shape index (κ2) is 7.69. The molecule has 0 aliphatic carbocycles. The molecule has 1 amide bonds. The Morgan fingerprint density at radius 2 is 1.57 bits per heavy atom. The van der Waals surface area contributed by atoms with E-state index in [0.717, 1.165) is 0 Å². The lowest BCUT2D eigenvalue weighted by Gasteiger charge is -2.17. The maximum Gasteiger partial charge on any atom is 0.257 e. The number of ether oxygens (including phenoxy) is 1. The summed E-state index contributed by atoms with van der Waals surface area (Å²) in [5.41, 5.74) is -1.51. The van der Waals surface area contributed by atoms with Crippen LogP contribution in [0.3, 0.4) is 0 Å². The largest absolute Gasteiger partial charge is 0.383 e. The topological polar surface area (TPSA) is 38.3 Å². The van der Waals surface area contributed by atoms with Crippen LogP contribution in [0.2, 0.25) is 0 Å². The molecule has 0 spiro atoms. The van der Waals surface area contributed by atoms with Gasteiger partial charge in [-0.15, -0.1) is 0 Å². The van der Waals surface area contributed by atoms with E-state index in [1.54, 1.807) is 0 Å². The smallest absolute Gasteiger partial charge is 0.257 e. The molecule has 0 saturated carbocycles. The molecule has 21 heavy (non-hydrogen) atoms. The monoisotopic (exact) mass is 375 g/mol. The Hall–Kier alpha value is -1.22. The highest BCUT2D eigenvalue weighted by molar-refractivity contribution is 9.09. The zero-order chi connectivity index (χ0) is 16.2. The number of benzene rings is 1. The summed E-state index contributed by atoms with van der Waals surface area (Å²) in [7, 11) is 1.34. The Kier molecular flexibility index (Phi) is 6.53. The van der Waals surface area contributed by atoms with Gasteiger partial charge in [0.05, 0.1) is 12.6 Å². The Morgan fingerprint density at radius 3 is 2.00 bits per heavy atom. The quantitative estimate of drug-likeness (QED) is 0.359. The van der Waals surface area contributed by atoms with Crippen molar-refractivity contribution in [2.45, 2.75) is 12.5 Å². The average molecular weight is 376 g/mol. The SMILES string of the molecule is COCC(CCBr)NC(=O)c1c(F)c(F)c(F)c(F)c1F. The molecule has 0 radical (unpaired) electrons. The molecule has 0 aliphatic rings. The summed E-state index contributed by atoms with van der Waals surface area (Å²) in [4.78, 5) is 11.7. The second-order valence-corrected chi connectivity index (χ2v) is 4.84. The minimum atomic E-state index is -2.31. The van der Waals surface area contributed by atoms with E-state index in [2.05, 4.69) is 21.2 Å². The van der Waals surface area contributed by atoms with Crippen molar-refractivity contribution in [3.63, 3.8) is 0 Å². The summed E-state index contributed by atoms with van der Waals surface area (Å²) in [6, 6.07) is -0.642. The fraction of sp³-hybridized carbons (Fsp3) is 0.417. The number of methoxy groups -OCH3 is 1. The fourth-order valence-corrected chi connectivity index (χ4v) is 2.14. The molecule has 3 nitrogen and oxygen atoms in total. The number of rotatable bonds is 6. The summed E-state index contributed by atoms with van der Waals surface area (Å²) in [6.07, 6.45) is 0.342. The minimum absolute atomic E-state index is 0.0206. The number of alkyl halides is 1. The van der Waals surface area contributed by atoms with Crippen molar-refractivity contribution in [3.05, 3.63) is 34.6 Å². The third-order valence-corrected chi connectivity index (χ3v) is 3.06. The summed E-state index contributed by atoms with van der Waals surface area (Å²) in [5.74, 6) is -12.4. The first kappa shape index (κ1) is 17.8. The minimum Gasteiger partial charge on any atom is -0.383 e. The highest BCUT2D eigenvalue weighted by Crippen LogP contribution is 2.23. The van der Waals surface area contributed by atoms with Crippen LogP contribution >= 0.6 is 15.9 Å². The molecule has 0 aliphatic heterocycles. The van der Waals surface area contributed by atoms with Crippen LogP contribution in [0, 0.1) is 29.1 Å². The number of nitrogens with one attached hydrogen (secondary N) is 1. The normalized spacial score (nSPS) is 12.3. The summed E-state index contributed by atoms with van der Waals surface area (Å²) < 4.78 is 70.6. The first-order valence-corrected chi connectivity index (χ1v) is 6.84. The van der Waals surface area contributed by atoms with Gasteiger partial charge in [-0.25, -0.2) is 22.0 Å². The van der Waals surface area contributed by atoms with Gasteiger partial charge in [-0.2, -0.15) is 0 Å². The van der Waals surface area contributed by atoms with Crippen molar-refractivity contribution in [1.82, 2.24) is 5.32 Å². The van der Waals surface area contributed by atoms with Crippen LogP contribution in [0.4, 0.5) is 22.0 Å². The third kappa shape index (κ3) is 3.91. The van der Waals surface area contributed by atoms with E-state index in [-0.39, 0.29) is 6.61 Å². The highest BCUT2D eigenvalue weighted by atomic mass is 79.9. The van der Waals surface area contributed by atoms with E-state index in [1.165, 1.54) is 7.11 Å². The van der Waals surface area contributed by atoms with Gasteiger partial charge in [0.15, 0.2) is 23.3 Å². The predicted molar refractivity (Wildman–Crippen MR) is 67.8 cm³/mol. The summed E-state index contributed by atoms with van der Waals surface area (Å²) in [5, 5.41) is 2.60. The lowest BCUT2D eigenvalue weighted by molar-refractivity contribution is 0.0884. The molecule has 0 bridgehead atoms. The lowest BCUT2D eigenvalue weighted by atomic mass is 10.1. The Bertz CT molecular complexity index is 506. The van der Waals surface area contributed by atoms with Gasteiger partial charge in [-0.3, -0.25) is 4.79 Å². The van der Waals surface area contributed by atoms with Gasteiger partial charge < -0.3 is 10.1 Å². The maximum atomic E-state index is 13.5. The molecule has 1 N–H and O–H groups in total. The first-order chi connectivity index (χ1) is 9.84. The van der Waals surface area contributed by atoms with Gasteiger partial charge in [-0.05, 0) is 6.42 Å². The molecule has 1 rings (SSSR count). The highest BCUT2D eigenvalue weighted by Gasteiger charge is 2.30. The van der Waals surface area contributed by atoms with Gasteiger partial charge in [0.2, 0.25) is 5.82 Å². The van der Waals surface area contributed by atoms with Crippen molar-refractivity contribution in [1.29, 1.82) is 0 Å². The Labute approximate surface area is 125 Å². The molecule has 0 saturated heterocycles. The van der Waals surface area contributed by atoms with Crippen molar-refractivity contribution in [3.8, 4) is 0 Å². The van der Waals surface area contributed by atoms with Crippen LogP contribution in [-0.2, 0) is 4.74 Å². The van der Waals surface area contributed by atoms with E-state index in [9.17, 15) is 26.7 Å². The van der Waals surface area contributed by atoms with E-state index in [4.69, 9.17) is 4.74 Å². The molecule has 1 aromatic rings. The number of amides is 1. The Morgan fingerprint density at radius 1 is 1.10 bits per heavy atom. The summed E-state index contributed by atoms with van der Waals surface area (Å²) >= 11 is 3.10. The maximum absolute atomic E-state index is 13.5. The molecule has 0 heterocycles. The van der Waals surface area contributed by atoms with Gasteiger partial charge >= 0.3 is 0 Å². The molecule has 0 fully saturated rings. The predicted octanol–water partition coefficient (Wildman–Crippen LogP) is 2.91. The average Bonchev–Trinajstić information content (AvgIpc) is 2.44. The number of carbonyl (C=O) groups is 1. The van der Waals surface area contributed by atoms with Crippen molar-refractivity contribution in [2.75, 3.05) is 19.0 Å². The standard InChI is InChI=1S/C12H11BrF5NO2/c1-21-4-5(2-3-13)19-12(20)6-7(14)9(16)11(18)10(17)8(6)15/h5H,2-4H2,1H3,(H,19,20). The van der Waals surface area contributed by atoms with Gasteiger partial charge in [-0.1, -0.05) is 15.9 Å². The second-order valence-electron chi connectivity index (χ2n) is 4.05. The van der Waals surface area contributed by atoms with Crippen molar-refractivity contribution >= 4 is 21.8 Å². The zero-order valence-corrected chi connectivity index (χ0v) is 12.4. The lowest BCUT2D eigenvalue weighted by Crippen LogP contribution is -2.39. The van der Waals surface area contributed by atoms with Gasteiger partial charge in [0.1, 0.15) is 5.56 Å². The van der Waals surface area contributed by atoms with E-state index in [1.807, 2.05) is 0 Å². The molecule has 1 aromatic carbocycles. The number of hydrogen-bond donors (Lipinski definition) is 1. The molecule has 118 valence electrons. The summed E-state index contributed by atoms with van der Waals surface area (Å²) in [6.45, 7) is 0.0206. The van der Waals surface area contributed by atoms with Gasteiger partial charge in [0.25, 0.3) is 5.91 Å². The zero-order valence-electron chi connectivity index (χ0n) is 10.8. The fourth-order valence-electron chi connectivity index (χ4n) is 1.59. The number of halogens is 6. The van der Waals surface area contributed by atoms with Crippen molar-refractivity contribution < 1.29 is 31.5 Å². The van der Waals surface area contributed by atoms with Crippen LogP contribution in [0.15, 0.2) is 0 Å². The molecule has 1 atom stereocenters.